The number of carbonyl (C=O) groups excluding carboxylic acids is 3. The van der Waals surface area contributed by atoms with E-state index in [0.29, 0.717) is 23.3 Å². The Morgan fingerprint density at radius 3 is 2.42 bits per heavy atom. The maximum Gasteiger partial charge on any atom is 0.244 e. The maximum absolute atomic E-state index is 12.9. The summed E-state index contributed by atoms with van der Waals surface area (Å²) in [6.07, 6.45) is 5.39. The number of rotatable bonds is 4. The molecule has 26 heavy (non-hydrogen) atoms. The molecule has 0 spiro atoms. The lowest BCUT2D eigenvalue weighted by molar-refractivity contribution is -0.142. The van der Waals surface area contributed by atoms with Crippen molar-refractivity contribution in [2.24, 2.45) is 35.5 Å². The van der Waals surface area contributed by atoms with Crippen molar-refractivity contribution in [1.82, 2.24) is 4.90 Å². The second-order valence-corrected chi connectivity index (χ2v) is 7.70. The molecule has 1 aliphatic heterocycles. The first-order valence-electron chi connectivity index (χ1n) is 9.06. The molecule has 0 aromatic heterocycles. The second kappa shape index (κ2) is 5.43. The number of likely N-dealkylation sites (tertiary alicyclic amines) is 1. The van der Waals surface area contributed by atoms with E-state index in [1.807, 2.05) is 0 Å². The van der Waals surface area contributed by atoms with Gasteiger partial charge in [-0.25, -0.2) is 0 Å². The largest absolute Gasteiger partial charge is 0.497 e. The van der Waals surface area contributed by atoms with E-state index in [4.69, 9.17) is 4.74 Å². The Labute approximate surface area is 151 Å². The van der Waals surface area contributed by atoms with E-state index in [0.717, 1.165) is 6.42 Å². The van der Waals surface area contributed by atoms with Gasteiger partial charge in [-0.2, -0.15) is 0 Å². The molecule has 1 N–H and O–H groups in total. The van der Waals surface area contributed by atoms with E-state index in [1.54, 1.807) is 31.4 Å². The number of methoxy groups -OCH3 is 1. The van der Waals surface area contributed by atoms with Crippen molar-refractivity contribution in [3.63, 3.8) is 0 Å². The van der Waals surface area contributed by atoms with Crippen molar-refractivity contribution in [2.45, 2.75) is 6.42 Å². The summed E-state index contributed by atoms with van der Waals surface area (Å²) in [4.78, 5) is 39.3. The van der Waals surface area contributed by atoms with Gasteiger partial charge in [-0.05, 0) is 42.2 Å². The lowest BCUT2D eigenvalue weighted by atomic mass is 9.63. The Morgan fingerprint density at radius 2 is 1.81 bits per heavy atom. The van der Waals surface area contributed by atoms with Crippen molar-refractivity contribution < 1.29 is 19.1 Å². The Bertz CT molecular complexity index is 812. The number of amides is 3. The van der Waals surface area contributed by atoms with Crippen LogP contribution in [0.15, 0.2) is 36.4 Å². The van der Waals surface area contributed by atoms with Gasteiger partial charge in [0.15, 0.2) is 0 Å². The molecule has 6 heteroatoms. The summed E-state index contributed by atoms with van der Waals surface area (Å²) in [5.41, 5.74) is 0.578. The molecule has 2 saturated carbocycles. The van der Waals surface area contributed by atoms with Gasteiger partial charge < -0.3 is 10.1 Å². The predicted molar refractivity (Wildman–Crippen MR) is 93.0 cm³/mol. The smallest absolute Gasteiger partial charge is 0.244 e. The first-order valence-corrected chi connectivity index (χ1v) is 9.06. The third-order valence-electron chi connectivity index (χ3n) is 6.41. The molecule has 4 aliphatic carbocycles. The van der Waals surface area contributed by atoms with Gasteiger partial charge in [0, 0.05) is 11.8 Å². The van der Waals surface area contributed by atoms with Gasteiger partial charge in [0.25, 0.3) is 0 Å². The number of nitrogens with zero attached hydrogens (tertiary/aromatic N) is 1. The van der Waals surface area contributed by atoms with E-state index >= 15 is 0 Å². The van der Waals surface area contributed by atoms with Crippen LogP contribution in [0.1, 0.15) is 6.42 Å². The average Bonchev–Trinajstić information content (AvgIpc) is 3.43. The van der Waals surface area contributed by atoms with Gasteiger partial charge in [0.05, 0.1) is 18.9 Å². The zero-order chi connectivity index (χ0) is 18.0. The summed E-state index contributed by atoms with van der Waals surface area (Å²) in [7, 11) is 1.55. The minimum atomic E-state index is -0.371. The summed E-state index contributed by atoms with van der Waals surface area (Å²) in [5.74, 6) is 0.874. The Hall–Kier alpha value is -2.63. The zero-order valence-corrected chi connectivity index (χ0v) is 14.4. The van der Waals surface area contributed by atoms with Crippen LogP contribution >= 0.6 is 0 Å². The third kappa shape index (κ3) is 2.14. The minimum absolute atomic E-state index is 0.175. The van der Waals surface area contributed by atoms with Crippen LogP contribution in [-0.2, 0) is 14.4 Å². The van der Waals surface area contributed by atoms with Crippen LogP contribution in [0.25, 0.3) is 0 Å². The van der Waals surface area contributed by atoms with E-state index in [1.165, 1.54) is 4.90 Å². The molecule has 2 bridgehead atoms. The fraction of sp³-hybridized carbons (Fsp3) is 0.450. The molecular weight excluding hydrogens is 332 g/mol. The molecule has 1 saturated heterocycles. The zero-order valence-electron chi connectivity index (χ0n) is 14.4. The van der Waals surface area contributed by atoms with Crippen molar-refractivity contribution in [3.8, 4) is 5.75 Å². The molecule has 5 aliphatic rings. The van der Waals surface area contributed by atoms with Crippen molar-refractivity contribution in [2.75, 3.05) is 19.0 Å². The molecule has 134 valence electrons. The van der Waals surface area contributed by atoms with E-state index < -0.39 is 0 Å². The Kier molecular flexibility index (Phi) is 3.26. The van der Waals surface area contributed by atoms with Gasteiger partial charge in [-0.3, -0.25) is 19.3 Å². The second-order valence-electron chi connectivity index (χ2n) is 7.70. The van der Waals surface area contributed by atoms with Gasteiger partial charge in [0.1, 0.15) is 12.3 Å². The van der Waals surface area contributed by atoms with Crippen molar-refractivity contribution in [3.05, 3.63) is 36.4 Å². The Balaban J connectivity index is 1.31. The summed E-state index contributed by atoms with van der Waals surface area (Å²) in [6.45, 7) is -0.226. The predicted octanol–water partition coefficient (Wildman–Crippen LogP) is 1.69. The summed E-state index contributed by atoms with van der Waals surface area (Å²) >= 11 is 0. The standard InChI is InChI=1S/C20H20N2O4/c1-26-11-4-2-3-10(7-11)21-16(23)9-22-19(24)17-12-5-6-13(15-8-14(12)15)18(17)20(22)25/h2-7,12-15,17-18H,8-9H2,1H3,(H,21,23)/t12-,13+,14-,15-,17+,18-/m1/s1. The summed E-state index contributed by atoms with van der Waals surface area (Å²) in [5, 5.41) is 2.74. The highest BCUT2D eigenvalue weighted by molar-refractivity contribution is 6.09. The highest BCUT2D eigenvalue weighted by Crippen LogP contribution is 2.65. The molecule has 6 atom stereocenters. The van der Waals surface area contributed by atoms with Crippen LogP contribution in [0.4, 0.5) is 5.69 Å². The minimum Gasteiger partial charge on any atom is -0.497 e. The molecule has 3 fully saturated rings. The fourth-order valence-electron chi connectivity index (χ4n) is 5.22. The Morgan fingerprint density at radius 1 is 1.15 bits per heavy atom. The third-order valence-corrected chi connectivity index (χ3v) is 6.41. The number of hydrogen-bond acceptors (Lipinski definition) is 4. The first kappa shape index (κ1) is 15.6. The molecular formula is C20H20N2O4. The van der Waals surface area contributed by atoms with Crippen LogP contribution in [0, 0.1) is 35.5 Å². The lowest BCUT2D eigenvalue weighted by Crippen LogP contribution is -2.40. The number of ether oxygens (including phenoxy) is 1. The van der Waals surface area contributed by atoms with Gasteiger partial charge in [0.2, 0.25) is 17.7 Å². The average molecular weight is 352 g/mol. The number of hydrogen-bond donors (Lipinski definition) is 1. The number of anilines is 1. The van der Waals surface area contributed by atoms with Crippen LogP contribution in [-0.4, -0.2) is 36.3 Å². The van der Waals surface area contributed by atoms with Crippen molar-refractivity contribution >= 4 is 23.4 Å². The molecule has 3 amide bonds. The molecule has 6 rings (SSSR count). The number of carbonyl (C=O) groups is 3. The summed E-state index contributed by atoms with van der Waals surface area (Å²) < 4.78 is 5.14. The van der Waals surface area contributed by atoms with Crippen LogP contribution in [0.3, 0.4) is 0 Å². The van der Waals surface area contributed by atoms with Crippen LogP contribution in [0.2, 0.25) is 0 Å². The number of imide groups is 1. The molecule has 1 aromatic carbocycles. The van der Waals surface area contributed by atoms with E-state index in [9.17, 15) is 14.4 Å². The number of allylic oxidation sites excluding steroid dienone is 2. The maximum atomic E-state index is 12.9. The fourth-order valence-corrected chi connectivity index (χ4v) is 5.22. The monoisotopic (exact) mass is 352 g/mol. The molecule has 1 heterocycles. The quantitative estimate of drug-likeness (QED) is 0.661. The summed E-state index contributed by atoms with van der Waals surface area (Å²) in [6, 6.07) is 6.99. The normalized spacial score (nSPS) is 36.0. The van der Waals surface area contributed by atoms with Gasteiger partial charge >= 0.3 is 0 Å². The van der Waals surface area contributed by atoms with Crippen molar-refractivity contribution in [1.29, 1.82) is 0 Å². The molecule has 0 unspecified atom stereocenters. The molecule has 6 nitrogen and oxygen atoms in total. The van der Waals surface area contributed by atoms with Gasteiger partial charge in [-0.15, -0.1) is 0 Å². The van der Waals surface area contributed by atoms with E-state index in [2.05, 4.69) is 17.5 Å². The highest BCUT2D eigenvalue weighted by Gasteiger charge is 2.67. The van der Waals surface area contributed by atoms with Gasteiger partial charge in [-0.1, -0.05) is 18.2 Å². The number of benzene rings is 1. The molecule has 0 radical (unpaired) electrons. The molecule has 1 aromatic rings. The topological polar surface area (TPSA) is 75.7 Å². The van der Waals surface area contributed by atoms with Crippen LogP contribution < -0.4 is 10.1 Å². The van der Waals surface area contributed by atoms with Crippen LogP contribution in [0.5, 0.6) is 5.75 Å². The first-order chi connectivity index (χ1) is 12.6. The number of nitrogens with one attached hydrogen (secondary N) is 1. The SMILES string of the molecule is COc1cccc(NC(=O)CN2C(=O)[C@@H]3[C@H]4C=C[C@H]([C@H]5C[C@H]45)[C@@H]3C2=O)c1. The highest BCUT2D eigenvalue weighted by atomic mass is 16.5. The van der Waals surface area contributed by atoms with E-state index in [-0.39, 0.29) is 47.9 Å². The lowest BCUT2D eigenvalue weighted by Gasteiger charge is -2.37.